The molecular weight excluding hydrogens is 549 g/mol. The van der Waals surface area contributed by atoms with Gasteiger partial charge in [-0.2, -0.15) is 0 Å². The van der Waals surface area contributed by atoms with Crippen LogP contribution in [0.3, 0.4) is 0 Å². The monoisotopic (exact) mass is 585 g/mol. The summed E-state index contributed by atoms with van der Waals surface area (Å²) in [6.45, 7) is 6.06. The molecule has 0 spiro atoms. The number of hydrogen-bond acceptors (Lipinski definition) is 4. The maximum absolute atomic E-state index is 13.9. The highest BCUT2D eigenvalue weighted by atomic mass is 32.2. The molecule has 4 aromatic rings. The van der Waals surface area contributed by atoms with E-state index in [0.717, 1.165) is 46.5 Å². The van der Waals surface area contributed by atoms with Gasteiger partial charge in [0.1, 0.15) is 5.82 Å². The molecule has 3 aromatic carbocycles. The Hall–Kier alpha value is -3.88. The van der Waals surface area contributed by atoms with E-state index in [4.69, 9.17) is 0 Å². The van der Waals surface area contributed by atoms with Crippen molar-refractivity contribution >= 4 is 21.6 Å². The van der Waals surface area contributed by atoms with Gasteiger partial charge in [-0.1, -0.05) is 48.9 Å². The summed E-state index contributed by atoms with van der Waals surface area (Å²) < 4.78 is 43.0. The van der Waals surface area contributed by atoms with Gasteiger partial charge in [-0.25, -0.2) is 17.5 Å². The zero-order valence-corrected chi connectivity index (χ0v) is 25.0. The number of sulfonamides is 1. The summed E-state index contributed by atoms with van der Waals surface area (Å²) in [7, 11) is -3.74. The summed E-state index contributed by atoms with van der Waals surface area (Å²) in [5, 5.41) is 0. The number of fused-ring (bicyclic) bond motifs is 1. The number of aromatic nitrogens is 1. The van der Waals surface area contributed by atoms with Crippen LogP contribution in [0.5, 0.6) is 0 Å². The van der Waals surface area contributed by atoms with Gasteiger partial charge in [0.05, 0.1) is 17.1 Å². The second-order valence-corrected chi connectivity index (χ2v) is 12.9. The van der Waals surface area contributed by atoms with Gasteiger partial charge in [0.15, 0.2) is 0 Å². The number of anilines is 1. The molecule has 0 aliphatic heterocycles. The van der Waals surface area contributed by atoms with E-state index in [2.05, 4.69) is 9.71 Å². The molecule has 1 heterocycles. The molecule has 218 valence electrons. The Balaban J connectivity index is 1.46. The minimum Gasteiger partial charge on any atom is -0.306 e. The second kappa shape index (κ2) is 12.5. The zero-order chi connectivity index (χ0) is 29.9. The highest BCUT2D eigenvalue weighted by molar-refractivity contribution is 7.89. The largest absolute Gasteiger partial charge is 0.306 e. The highest BCUT2D eigenvalue weighted by Crippen LogP contribution is 2.35. The molecule has 42 heavy (non-hydrogen) atoms. The van der Waals surface area contributed by atoms with Crippen molar-refractivity contribution in [3.63, 3.8) is 0 Å². The number of hydrogen-bond donors (Lipinski definition) is 1. The van der Waals surface area contributed by atoms with E-state index in [0.29, 0.717) is 12.1 Å². The predicted octanol–water partition coefficient (Wildman–Crippen LogP) is 6.92. The Bertz CT molecular complexity index is 1670. The molecule has 0 fully saturated rings. The van der Waals surface area contributed by atoms with E-state index in [1.165, 1.54) is 12.1 Å². The standard InChI is InChI=1S/C34H36FN3O3S/c1-23-10-18-31(19-11-23)42(40,41)37-33-9-5-7-27-14-17-30(21-32(27)33)38(22-29-8-4-6-25(3)36-29)34(39)20-24(2)26-12-15-28(35)16-13-26/h4,6,8,10-19,21,24,33,37H,5,7,9,20,22H2,1-3H3/t24-,33-/m1/s1. The van der Waals surface area contributed by atoms with Gasteiger partial charge in [0.25, 0.3) is 0 Å². The van der Waals surface area contributed by atoms with Crippen molar-refractivity contribution in [3.8, 4) is 0 Å². The second-order valence-electron chi connectivity index (χ2n) is 11.2. The number of carbonyl (C=O) groups excluding carboxylic acids is 1. The Morgan fingerprint density at radius 3 is 2.48 bits per heavy atom. The number of amides is 1. The Labute approximate surface area is 247 Å². The molecule has 0 radical (unpaired) electrons. The van der Waals surface area contributed by atoms with Gasteiger partial charge in [-0.15, -0.1) is 0 Å². The summed E-state index contributed by atoms with van der Waals surface area (Å²) in [5.74, 6) is -0.536. The van der Waals surface area contributed by atoms with Crippen molar-refractivity contribution in [2.75, 3.05) is 4.90 Å². The van der Waals surface area contributed by atoms with Crippen LogP contribution >= 0.6 is 0 Å². The zero-order valence-electron chi connectivity index (χ0n) is 24.2. The normalized spacial score (nSPS) is 15.6. The lowest BCUT2D eigenvalue weighted by atomic mass is 9.87. The van der Waals surface area contributed by atoms with Crippen LogP contribution < -0.4 is 9.62 Å². The topological polar surface area (TPSA) is 79.4 Å². The van der Waals surface area contributed by atoms with Crippen molar-refractivity contribution in [2.24, 2.45) is 0 Å². The first-order valence-corrected chi connectivity index (χ1v) is 15.8. The number of aryl methyl sites for hydroxylation is 3. The SMILES string of the molecule is Cc1ccc(S(=O)(=O)N[C@@H]2CCCc3ccc(N(Cc4cccc(C)n4)C(=O)C[C@@H](C)c4ccc(F)cc4)cc32)cc1. The fourth-order valence-corrected chi connectivity index (χ4v) is 6.75. The third-order valence-electron chi connectivity index (χ3n) is 7.87. The first-order valence-electron chi connectivity index (χ1n) is 14.3. The van der Waals surface area contributed by atoms with E-state index in [-0.39, 0.29) is 35.5 Å². The molecule has 1 amide bonds. The molecule has 2 atom stereocenters. The smallest absolute Gasteiger partial charge is 0.241 e. The summed E-state index contributed by atoms with van der Waals surface area (Å²) in [6, 6.07) is 24.3. The van der Waals surface area contributed by atoms with E-state index < -0.39 is 16.1 Å². The molecule has 0 unspecified atom stereocenters. The lowest BCUT2D eigenvalue weighted by Crippen LogP contribution is -2.33. The van der Waals surface area contributed by atoms with Crippen LogP contribution in [0.25, 0.3) is 0 Å². The van der Waals surface area contributed by atoms with Gasteiger partial charge in [-0.05, 0) is 104 Å². The average Bonchev–Trinajstić information content (AvgIpc) is 2.96. The summed E-state index contributed by atoms with van der Waals surface area (Å²) in [5.41, 5.74) is 6.13. The van der Waals surface area contributed by atoms with E-state index in [9.17, 15) is 17.6 Å². The van der Waals surface area contributed by atoms with Crippen molar-refractivity contribution in [1.29, 1.82) is 0 Å². The number of rotatable bonds is 9. The number of benzene rings is 3. The average molecular weight is 586 g/mol. The molecule has 6 nitrogen and oxygen atoms in total. The van der Waals surface area contributed by atoms with Crippen molar-refractivity contribution < 1.29 is 17.6 Å². The van der Waals surface area contributed by atoms with Crippen LogP contribution in [0.4, 0.5) is 10.1 Å². The van der Waals surface area contributed by atoms with E-state index in [1.54, 1.807) is 41.3 Å². The molecule has 0 saturated heterocycles. The van der Waals surface area contributed by atoms with Gasteiger partial charge in [0, 0.05) is 23.8 Å². The molecule has 5 rings (SSSR count). The first kappa shape index (κ1) is 29.6. The third-order valence-corrected chi connectivity index (χ3v) is 9.36. The number of halogens is 1. The van der Waals surface area contributed by atoms with Crippen molar-refractivity contribution in [3.05, 3.63) is 124 Å². The Morgan fingerprint density at radius 1 is 1.02 bits per heavy atom. The van der Waals surface area contributed by atoms with Crippen LogP contribution in [0.1, 0.15) is 71.8 Å². The highest BCUT2D eigenvalue weighted by Gasteiger charge is 2.28. The van der Waals surface area contributed by atoms with Gasteiger partial charge < -0.3 is 4.90 Å². The van der Waals surface area contributed by atoms with Gasteiger partial charge in [-0.3, -0.25) is 9.78 Å². The maximum Gasteiger partial charge on any atom is 0.241 e. The molecule has 8 heteroatoms. The molecule has 0 saturated carbocycles. The lowest BCUT2D eigenvalue weighted by Gasteiger charge is -2.30. The number of carbonyl (C=O) groups is 1. The molecular formula is C34H36FN3O3S. The fourth-order valence-electron chi connectivity index (χ4n) is 5.50. The predicted molar refractivity (Wildman–Crippen MR) is 163 cm³/mol. The van der Waals surface area contributed by atoms with Crippen LogP contribution in [0.2, 0.25) is 0 Å². The maximum atomic E-state index is 13.9. The van der Waals surface area contributed by atoms with E-state index in [1.807, 2.05) is 57.2 Å². The summed E-state index contributed by atoms with van der Waals surface area (Å²) in [4.78, 5) is 20.5. The Kier molecular flexibility index (Phi) is 8.85. The molecule has 1 aliphatic rings. The quantitative estimate of drug-likeness (QED) is 0.231. The van der Waals surface area contributed by atoms with Crippen LogP contribution in [-0.4, -0.2) is 19.3 Å². The third kappa shape index (κ3) is 6.94. The Morgan fingerprint density at radius 2 is 1.76 bits per heavy atom. The molecule has 1 aromatic heterocycles. The summed E-state index contributed by atoms with van der Waals surface area (Å²) in [6.07, 6.45) is 2.58. The van der Waals surface area contributed by atoms with Crippen LogP contribution in [0, 0.1) is 19.7 Å². The molecule has 1 aliphatic carbocycles. The lowest BCUT2D eigenvalue weighted by molar-refractivity contribution is -0.119. The van der Waals surface area contributed by atoms with Crippen LogP contribution in [-0.2, 0) is 27.8 Å². The van der Waals surface area contributed by atoms with Gasteiger partial charge >= 0.3 is 0 Å². The number of pyridine rings is 1. The first-order chi connectivity index (χ1) is 20.1. The minimum absolute atomic E-state index is 0.0947. The fraction of sp³-hybridized carbons (Fsp3) is 0.294. The number of nitrogens with one attached hydrogen (secondary N) is 1. The van der Waals surface area contributed by atoms with Crippen molar-refractivity contribution in [1.82, 2.24) is 9.71 Å². The number of nitrogens with zero attached hydrogens (tertiary/aromatic N) is 2. The van der Waals surface area contributed by atoms with Crippen LogP contribution in [0.15, 0.2) is 89.8 Å². The minimum atomic E-state index is -3.74. The molecule has 0 bridgehead atoms. The van der Waals surface area contributed by atoms with Crippen molar-refractivity contribution in [2.45, 2.75) is 69.9 Å². The summed E-state index contributed by atoms with van der Waals surface area (Å²) >= 11 is 0. The van der Waals surface area contributed by atoms with E-state index >= 15 is 0 Å². The molecule has 1 N–H and O–H groups in total. The van der Waals surface area contributed by atoms with Gasteiger partial charge in [0.2, 0.25) is 15.9 Å².